The van der Waals surface area contributed by atoms with Crippen molar-refractivity contribution in [2.45, 2.75) is 52.5 Å². The van der Waals surface area contributed by atoms with Crippen LogP contribution >= 0.6 is 15.9 Å². The maximum atomic E-state index is 5.83. The molecule has 1 atom stereocenters. The molecule has 0 aromatic heterocycles. The van der Waals surface area contributed by atoms with E-state index in [-0.39, 0.29) is 0 Å². The van der Waals surface area contributed by atoms with Crippen molar-refractivity contribution in [3.63, 3.8) is 0 Å². The fourth-order valence-electron chi connectivity index (χ4n) is 3.64. The zero-order chi connectivity index (χ0) is 16.7. The van der Waals surface area contributed by atoms with E-state index in [4.69, 9.17) is 5.73 Å². The third-order valence-electron chi connectivity index (χ3n) is 5.40. The van der Waals surface area contributed by atoms with E-state index >= 15 is 0 Å². The average molecular weight is 381 g/mol. The molecule has 1 fully saturated rings. The summed E-state index contributed by atoms with van der Waals surface area (Å²) in [5.41, 5.74) is 7.26. The van der Waals surface area contributed by atoms with E-state index < -0.39 is 0 Å². The van der Waals surface area contributed by atoms with Crippen LogP contribution in [-0.4, -0.2) is 24.5 Å². The fourth-order valence-corrected chi connectivity index (χ4v) is 3.90. The summed E-state index contributed by atoms with van der Waals surface area (Å²) in [5.74, 6) is 2.41. The second kappa shape index (κ2) is 9.80. The molecule has 0 saturated heterocycles. The molecule has 2 nitrogen and oxygen atoms in total. The second-order valence-electron chi connectivity index (χ2n) is 7.46. The molecule has 2 rings (SSSR count). The van der Waals surface area contributed by atoms with E-state index in [0.717, 1.165) is 35.3 Å². The number of halogens is 1. The Bertz CT molecular complexity index is 437. The monoisotopic (exact) mass is 380 g/mol. The van der Waals surface area contributed by atoms with Crippen LogP contribution in [0.25, 0.3) is 0 Å². The Labute approximate surface area is 151 Å². The molecule has 1 unspecified atom stereocenters. The maximum Gasteiger partial charge on any atom is 0.0233 e. The molecule has 0 aliphatic heterocycles. The molecule has 1 aromatic rings. The van der Waals surface area contributed by atoms with E-state index in [2.05, 4.69) is 58.9 Å². The van der Waals surface area contributed by atoms with Crippen LogP contribution in [0, 0.1) is 17.8 Å². The molecule has 0 spiro atoms. The van der Waals surface area contributed by atoms with Crippen molar-refractivity contribution in [2.75, 3.05) is 19.6 Å². The van der Waals surface area contributed by atoms with E-state index in [9.17, 15) is 0 Å². The minimum Gasteiger partial charge on any atom is -0.330 e. The van der Waals surface area contributed by atoms with Gasteiger partial charge in [-0.05, 0) is 67.7 Å². The lowest BCUT2D eigenvalue weighted by molar-refractivity contribution is 0.158. The first-order chi connectivity index (χ1) is 11.1. The highest BCUT2D eigenvalue weighted by atomic mass is 79.9. The molecule has 0 bridgehead atoms. The molecule has 0 radical (unpaired) electrons. The Morgan fingerprint density at radius 3 is 2.30 bits per heavy atom. The Balaban J connectivity index is 1.92. The van der Waals surface area contributed by atoms with Crippen molar-refractivity contribution in [1.82, 2.24) is 4.90 Å². The molecule has 1 saturated carbocycles. The highest BCUT2D eigenvalue weighted by molar-refractivity contribution is 9.10. The third-order valence-corrected chi connectivity index (χ3v) is 5.93. The standard InChI is InChI=1S/C20H33BrN2/c1-3-16(2)13-23(15-19-8-10-20(21)11-9-19)14-18-6-4-17(12-22)5-7-18/h8-11,16-18H,3-7,12-15,22H2,1-2H3. The van der Waals surface area contributed by atoms with Crippen molar-refractivity contribution < 1.29 is 0 Å². The van der Waals surface area contributed by atoms with Crippen LogP contribution in [-0.2, 0) is 6.54 Å². The van der Waals surface area contributed by atoms with Crippen molar-refractivity contribution >= 4 is 15.9 Å². The van der Waals surface area contributed by atoms with Gasteiger partial charge in [0.05, 0.1) is 0 Å². The summed E-state index contributed by atoms with van der Waals surface area (Å²) in [4.78, 5) is 2.69. The number of hydrogen-bond acceptors (Lipinski definition) is 2. The number of hydrogen-bond donors (Lipinski definition) is 1. The summed E-state index contributed by atoms with van der Waals surface area (Å²) in [5, 5.41) is 0. The zero-order valence-electron chi connectivity index (χ0n) is 14.8. The number of benzene rings is 1. The Morgan fingerprint density at radius 1 is 1.13 bits per heavy atom. The molecular weight excluding hydrogens is 348 g/mol. The molecular formula is C20H33BrN2. The van der Waals surface area contributed by atoms with Gasteiger partial charge in [0.2, 0.25) is 0 Å². The average Bonchev–Trinajstić information content (AvgIpc) is 2.57. The first kappa shape index (κ1) is 19.0. The molecule has 0 heterocycles. The Hall–Kier alpha value is -0.380. The summed E-state index contributed by atoms with van der Waals surface area (Å²) >= 11 is 3.53. The van der Waals surface area contributed by atoms with Gasteiger partial charge in [-0.25, -0.2) is 0 Å². The molecule has 23 heavy (non-hydrogen) atoms. The lowest BCUT2D eigenvalue weighted by Crippen LogP contribution is -2.35. The number of nitrogens with zero attached hydrogens (tertiary/aromatic N) is 1. The quantitative estimate of drug-likeness (QED) is 0.682. The van der Waals surface area contributed by atoms with Gasteiger partial charge in [0, 0.05) is 24.1 Å². The van der Waals surface area contributed by atoms with Gasteiger partial charge < -0.3 is 5.73 Å². The number of nitrogens with two attached hydrogens (primary N) is 1. The summed E-state index contributed by atoms with van der Waals surface area (Å²) in [7, 11) is 0. The zero-order valence-corrected chi connectivity index (χ0v) is 16.4. The first-order valence-electron chi connectivity index (χ1n) is 9.27. The minimum absolute atomic E-state index is 0.769. The van der Waals surface area contributed by atoms with Crippen LogP contribution in [0.1, 0.15) is 51.5 Å². The first-order valence-corrected chi connectivity index (χ1v) is 10.1. The number of rotatable bonds is 8. The summed E-state index contributed by atoms with van der Waals surface area (Å²) in [6, 6.07) is 8.81. The molecule has 1 aliphatic carbocycles. The molecule has 3 heteroatoms. The van der Waals surface area contributed by atoms with Gasteiger partial charge in [-0.1, -0.05) is 48.3 Å². The van der Waals surface area contributed by atoms with Crippen LogP contribution in [0.2, 0.25) is 0 Å². The summed E-state index contributed by atoms with van der Waals surface area (Å²) < 4.78 is 1.16. The normalized spacial score (nSPS) is 23.2. The molecule has 130 valence electrons. The third kappa shape index (κ3) is 6.56. The van der Waals surface area contributed by atoms with Crippen LogP contribution < -0.4 is 5.73 Å². The van der Waals surface area contributed by atoms with Crippen molar-refractivity contribution in [3.05, 3.63) is 34.3 Å². The summed E-state index contributed by atoms with van der Waals surface area (Å²) in [6.45, 7) is 9.09. The van der Waals surface area contributed by atoms with E-state index in [1.807, 2.05) is 0 Å². The largest absolute Gasteiger partial charge is 0.330 e. The van der Waals surface area contributed by atoms with Crippen LogP contribution in [0.4, 0.5) is 0 Å². The van der Waals surface area contributed by atoms with Gasteiger partial charge >= 0.3 is 0 Å². The van der Waals surface area contributed by atoms with Crippen molar-refractivity contribution in [1.29, 1.82) is 0 Å². The molecule has 1 aromatic carbocycles. The van der Waals surface area contributed by atoms with Gasteiger partial charge in [-0.3, -0.25) is 4.90 Å². The lowest BCUT2D eigenvalue weighted by atomic mass is 9.81. The van der Waals surface area contributed by atoms with Gasteiger partial charge in [-0.2, -0.15) is 0 Å². The van der Waals surface area contributed by atoms with Crippen LogP contribution in [0.15, 0.2) is 28.7 Å². The van der Waals surface area contributed by atoms with Crippen LogP contribution in [0.5, 0.6) is 0 Å². The van der Waals surface area contributed by atoms with Gasteiger partial charge in [0.1, 0.15) is 0 Å². The molecule has 2 N–H and O–H groups in total. The highest BCUT2D eigenvalue weighted by Gasteiger charge is 2.22. The smallest absolute Gasteiger partial charge is 0.0233 e. The maximum absolute atomic E-state index is 5.83. The van der Waals surface area contributed by atoms with Crippen molar-refractivity contribution in [3.8, 4) is 0 Å². The van der Waals surface area contributed by atoms with Gasteiger partial charge in [0.15, 0.2) is 0 Å². The Morgan fingerprint density at radius 2 is 1.74 bits per heavy atom. The fraction of sp³-hybridized carbons (Fsp3) is 0.700. The highest BCUT2D eigenvalue weighted by Crippen LogP contribution is 2.29. The SMILES string of the molecule is CCC(C)CN(Cc1ccc(Br)cc1)CC1CCC(CN)CC1. The lowest BCUT2D eigenvalue weighted by Gasteiger charge is -2.33. The van der Waals surface area contributed by atoms with Crippen molar-refractivity contribution in [2.24, 2.45) is 23.5 Å². The predicted molar refractivity (Wildman–Crippen MR) is 103 cm³/mol. The van der Waals surface area contributed by atoms with E-state index in [0.29, 0.717) is 0 Å². The van der Waals surface area contributed by atoms with E-state index in [1.54, 1.807) is 0 Å². The van der Waals surface area contributed by atoms with Gasteiger partial charge in [0.25, 0.3) is 0 Å². The second-order valence-corrected chi connectivity index (χ2v) is 8.37. The molecule has 0 amide bonds. The predicted octanol–water partition coefficient (Wildman–Crippen LogP) is 5.06. The Kier molecular flexibility index (Phi) is 8.08. The van der Waals surface area contributed by atoms with Crippen LogP contribution in [0.3, 0.4) is 0 Å². The van der Waals surface area contributed by atoms with E-state index in [1.165, 1.54) is 50.8 Å². The summed E-state index contributed by atoms with van der Waals surface area (Å²) in [6.07, 6.45) is 6.64. The van der Waals surface area contributed by atoms with Gasteiger partial charge in [-0.15, -0.1) is 0 Å². The molecule has 1 aliphatic rings. The minimum atomic E-state index is 0.769. The topological polar surface area (TPSA) is 29.3 Å².